The van der Waals surface area contributed by atoms with Crippen LogP contribution in [0.2, 0.25) is 0 Å². The fourth-order valence-corrected chi connectivity index (χ4v) is 4.36. The monoisotopic (exact) mass is 493 g/mol. The fraction of sp³-hybridized carbons (Fsp3) is 0.241. The predicted octanol–water partition coefficient (Wildman–Crippen LogP) is 5.09. The van der Waals surface area contributed by atoms with Gasteiger partial charge in [0.1, 0.15) is 5.52 Å². The van der Waals surface area contributed by atoms with Crippen LogP contribution in [0.5, 0.6) is 0 Å². The summed E-state index contributed by atoms with van der Waals surface area (Å²) in [5, 5.41) is 7.13. The summed E-state index contributed by atoms with van der Waals surface area (Å²) >= 11 is 0. The lowest BCUT2D eigenvalue weighted by molar-refractivity contribution is -0.111. The van der Waals surface area contributed by atoms with E-state index in [2.05, 4.69) is 61.7 Å². The Labute approximate surface area is 217 Å². The molecular formula is C29H31N7O. The molecular weight excluding hydrogens is 462 g/mol. The number of likely N-dealkylation sites (N-methyl/N-ethyl adjacent to an activating group) is 1. The Hall–Kier alpha value is -4.30. The van der Waals surface area contributed by atoms with E-state index in [1.807, 2.05) is 44.2 Å². The summed E-state index contributed by atoms with van der Waals surface area (Å²) in [7, 11) is 2.16. The van der Waals surface area contributed by atoms with Gasteiger partial charge in [0.05, 0.1) is 5.69 Å². The van der Waals surface area contributed by atoms with Gasteiger partial charge in [-0.3, -0.25) is 9.78 Å². The number of hydrogen-bond donors (Lipinski definition) is 2. The number of amides is 1. The van der Waals surface area contributed by atoms with Gasteiger partial charge in [0.25, 0.3) is 0 Å². The van der Waals surface area contributed by atoms with Crippen molar-refractivity contribution >= 4 is 39.8 Å². The molecule has 1 fully saturated rings. The third-order valence-electron chi connectivity index (χ3n) is 6.31. The number of carbonyl (C=O) groups is 1. The van der Waals surface area contributed by atoms with E-state index in [0.717, 1.165) is 59.6 Å². The molecule has 2 aromatic heterocycles. The van der Waals surface area contributed by atoms with Crippen molar-refractivity contribution in [2.45, 2.75) is 13.8 Å². The topological polar surface area (TPSA) is 86.3 Å². The Morgan fingerprint density at radius 2 is 1.73 bits per heavy atom. The number of piperazine rings is 1. The van der Waals surface area contributed by atoms with Crippen molar-refractivity contribution in [3.63, 3.8) is 0 Å². The van der Waals surface area contributed by atoms with Crippen LogP contribution in [0, 0.1) is 0 Å². The fourth-order valence-electron chi connectivity index (χ4n) is 4.36. The number of pyridine rings is 1. The molecule has 0 atom stereocenters. The van der Waals surface area contributed by atoms with Gasteiger partial charge in [-0.15, -0.1) is 0 Å². The second-order valence-corrected chi connectivity index (χ2v) is 9.54. The number of anilines is 4. The predicted molar refractivity (Wildman–Crippen MR) is 150 cm³/mol. The standard InChI is InChI=1S/C29H31N7O/c1-20(2)17-26(37)32-24-6-4-5-21(18-24)27-28-22(11-12-30-27)19-31-29(34-28)33-23-7-9-25(10-8-23)36-15-13-35(3)14-16-36/h4-12,17-19H,13-16H2,1-3H3,(H,32,37)(H,31,33,34). The van der Waals surface area contributed by atoms with E-state index in [0.29, 0.717) is 11.6 Å². The Kier molecular flexibility index (Phi) is 7.09. The minimum absolute atomic E-state index is 0.157. The van der Waals surface area contributed by atoms with Gasteiger partial charge in [-0.05, 0) is 63.4 Å². The van der Waals surface area contributed by atoms with Crippen molar-refractivity contribution < 1.29 is 4.79 Å². The van der Waals surface area contributed by atoms with Gasteiger partial charge in [-0.2, -0.15) is 0 Å². The van der Waals surface area contributed by atoms with Crippen molar-refractivity contribution in [3.05, 3.63) is 78.6 Å². The second-order valence-electron chi connectivity index (χ2n) is 9.54. The number of nitrogens with zero attached hydrogens (tertiary/aromatic N) is 5. The number of nitrogens with one attached hydrogen (secondary N) is 2. The maximum Gasteiger partial charge on any atom is 0.248 e. The van der Waals surface area contributed by atoms with Crippen LogP contribution >= 0.6 is 0 Å². The zero-order chi connectivity index (χ0) is 25.8. The molecule has 1 aliphatic heterocycles. The summed E-state index contributed by atoms with van der Waals surface area (Å²) in [5.74, 6) is 0.345. The first-order valence-electron chi connectivity index (χ1n) is 12.4. The van der Waals surface area contributed by atoms with Gasteiger partial charge in [0.2, 0.25) is 11.9 Å². The first kappa shape index (κ1) is 24.4. The van der Waals surface area contributed by atoms with Crippen molar-refractivity contribution in [1.82, 2.24) is 19.9 Å². The largest absolute Gasteiger partial charge is 0.369 e. The Balaban J connectivity index is 1.38. The summed E-state index contributed by atoms with van der Waals surface area (Å²) < 4.78 is 0. The van der Waals surface area contributed by atoms with E-state index >= 15 is 0 Å². The molecule has 2 N–H and O–H groups in total. The first-order valence-corrected chi connectivity index (χ1v) is 12.4. The maximum absolute atomic E-state index is 12.2. The second kappa shape index (κ2) is 10.8. The van der Waals surface area contributed by atoms with Gasteiger partial charge in [-0.25, -0.2) is 9.97 Å². The van der Waals surface area contributed by atoms with E-state index in [1.54, 1.807) is 18.5 Å². The minimum atomic E-state index is -0.157. The number of fused-ring (bicyclic) bond motifs is 1. The highest BCUT2D eigenvalue weighted by Gasteiger charge is 2.14. The number of carbonyl (C=O) groups excluding carboxylic acids is 1. The smallest absolute Gasteiger partial charge is 0.248 e. The van der Waals surface area contributed by atoms with Crippen LogP contribution in [-0.2, 0) is 4.79 Å². The third kappa shape index (κ3) is 5.92. The Bertz CT molecular complexity index is 1440. The van der Waals surface area contributed by atoms with Crippen LogP contribution < -0.4 is 15.5 Å². The molecule has 0 radical (unpaired) electrons. The molecule has 37 heavy (non-hydrogen) atoms. The summed E-state index contributed by atoms with van der Waals surface area (Å²) in [6.45, 7) is 8.00. The zero-order valence-corrected chi connectivity index (χ0v) is 21.4. The molecule has 8 heteroatoms. The summed E-state index contributed by atoms with van der Waals surface area (Å²) in [6, 6.07) is 17.9. The Morgan fingerprint density at radius 1 is 0.946 bits per heavy atom. The molecule has 3 heterocycles. The van der Waals surface area contributed by atoms with Crippen LogP contribution in [0.15, 0.2) is 78.6 Å². The number of hydrogen-bond acceptors (Lipinski definition) is 7. The molecule has 0 unspecified atom stereocenters. The van der Waals surface area contributed by atoms with Crippen LogP contribution in [-0.4, -0.2) is 59.0 Å². The van der Waals surface area contributed by atoms with Gasteiger partial charge >= 0.3 is 0 Å². The van der Waals surface area contributed by atoms with Crippen LogP contribution in [0.4, 0.5) is 23.0 Å². The van der Waals surface area contributed by atoms with Crippen molar-refractivity contribution in [3.8, 4) is 11.3 Å². The highest BCUT2D eigenvalue weighted by Crippen LogP contribution is 2.28. The van der Waals surface area contributed by atoms with E-state index in [-0.39, 0.29) is 5.91 Å². The molecule has 8 nitrogen and oxygen atoms in total. The van der Waals surface area contributed by atoms with Crippen LogP contribution in [0.25, 0.3) is 22.2 Å². The summed E-state index contributed by atoms with van der Waals surface area (Å²) in [4.78, 5) is 30.9. The number of allylic oxidation sites excluding steroid dienone is 1. The van der Waals surface area contributed by atoms with Gasteiger partial charge in [0, 0.05) is 72.7 Å². The highest BCUT2D eigenvalue weighted by atomic mass is 16.1. The molecule has 0 spiro atoms. The van der Waals surface area contributed by atoms with Crippen LogP contribution in [0.1, 0.15) is 13.8 Å². The SMILES string of the molecule is CC(C)=CC(=O)Nc1cccc(-c2nccc3cnc(Nc4ccc(N5CCN(C)CC5)cc4)nc23)c1. The molecule has 0 bridgehead atoms. The minimum Gasteiger partial charge on any atom is -0.369 e. The van der Waals surface area contributed by atoms with Gasteiger partial charge < -0.3 is 20.4 Å². The summed E-state index contributed by atoms with van der Waals surface area (Å²) in [5.41, 5.74) is 6.12. The van der Waals surface area contributed by atoms with E-state index < -0.39 is 0 Å². The van der Waals surface area contributed by atoms with Gasteiger partial charge in [0.15, 0.2) is 0 Å². The molecule has 188 valence electrons. The third-order valence-corrected chi connectivity index (χ3v) is 6.31. The lowest BCUT2D eigenvalue weighted by Gasteiger charge is -2.34. The Morgan fingerprint density at radius 3 is 2.49 bits per heavy atom. The number of rotatable bonds is 6. The molecule has 2 aromatic carbocycles. The van der Waals surface area contributed by atoms with E-state index in [1.165, 1.54) is 5.69 Å². The van der Waals surface area contributed by atoms with Gasteiger partial charge in [-0.1, -0.05) is 17.7 Å². The molecule has 0 aliphatic carbocycles. The first-order chi connectivity index (χ1) is 17.9. The molecule has 0 saturated carbocycles. The molecule has 1 saturated heterocycles. The lowest BCUT2D eigenvalue weighted by Crippen LogP contribution is -2.44. The lowest BCUT2D eigenvalue weighted by atomic mass is 10.1. The molecule has 5 rings (SSSR count). The molecule has 1 amide bonds. The van der Waals surface area contributed by atoms with Crippen molar-refractivity contribution in [2.75, 3.05) is 48.8 Å². The normalized spacial score (nSPS) is 13.9. The quantitative estimate of drug-likeness (QED) is 0.362. The number of aromatic nitrogens is 3. The van der Waals surface area contributed by atoms with Crippen molar-refractivity contribution in [1.29, 1.82) is 0 Å². The maximum atomic E-state index is 12.2. The van der Waals surface area contributed by atoms with E-state index in [9.17, 15) is 4.79 Å². The summed E-state index contributed by atoms with van der Waals surface area (Å²) in [6.07, 6.45) is 5.13. The highest BCUT2D eigenvalue weighted by molar-refractivity contribution is 6.00. The van der Waals surface area contributed by atoms with E-state index in [4.69, 9.17) is 4.98 Å². The average molecular weight is 494 g/mol. The average Bonchev–Trinajstić information content (AvgIpc) is 2.89. The van der Waals surface area contributed by atoms with Crippen molar-refractivity contribution in [2.24, 2.45) is 0 Å². The number of benzene rings is 2. The molecule has 4 aromatic rings. The molecule has 1 aliphatic rings. The van der Waals surface area contributed by atoms with Crippen LogP contribution in [0.3, 0.4) is 0 Å². The zero-order valence-electron chi connectivity index (χ0n) is 21.4.